The predicted molar refractivity (Wildman–Crippen MR) is 204 cm³/mol. The lowest BCUT2D eigenvalue weighted by molar-refractivity contribution is -0.683. The zero-order valence-corrected chi connectivity index (χ0v) is 33.4. The molecule has 0 aliphatic heterocycles. The van der Waals surface area contributed by atoms with Gasteiger partial charge in [0.05, 0.1) is 0 Å². The molecule has 0 saturated carbocycles. The van der Waals surface area contributed by atoms with E-state index in [0.29, 0.717) is 12.5 Å². The topological polar surface area (TPSA) is 20.9 Å². The number of Topliss-reactive ketones (excluding diaryl/α,β-unsaturated/α-hetero) is 1. The lowest BCUT2D eigenvalue weighted by Crippen LogP contribution is -2.81. The zero-order chi connectivity index (χ0) is 50.7. The maximum Gasteiger partial charge on any atom is 0.227 e. The molecule has 7 aromatic rings. The summed E-state index contributed by atoms with van der Waals surface area (Å²) in [4.78, 5) is 12.3. The molecule has 0 bridgehead atoms. The molecule has 0 N–H and O–H groups in total. The van der Waals surface area contributed by atoms with Crippen molar-refractivity contribution in [2.24, 2.45) is 0 Å². The molecule has 1 unspecified atom stereocenters. The number of carbonyl (C=O) groups is 1. The van der Waals surface area contributed by atoms with Crippen molar-refractivity contribution in [1.29, 1.82) is 0 Å². The molecule has 1 atom stereocenters. The molecule has 0 fully saturated rings. The minimum atomic E-state index is -7.22. The number of nitrogens with zero attached hydrogens (tertiary/aromatic N) is 1. The Kier molecular flexibility index (Phi) is 13.3. The molecule has 0 radical (unpaired) electrons. The van der Waals surface area contributed by atoms with Gasteiger partial charge in [0, 0.05) is 23.6 Å². The van der Waals surface area contributed by atoms with Gasteiger partial charge in [0.2, 0.25) is 12.3 Å². The lowest BCUT2D eigenvalue weighted by atomic mass is 9.12. The second-order valence-corrected chi connectivity index (χ2v) is 14.9. The van der Waals surface area contributed by atoms with Gasteiger partial charge in [-0.15, -0.1) is 21.9 Å². The quantitative estimate of drug-likeness (QED) is 0.0371. The first-order valence-electron chi connectivity index (χ1n) is 19.1. The van der Waals surface area contributed by atoms with Gasteiger partial charge in [0.15, 0.2) is 82.2 Å². The largest absolute Gasteiger partial charge is 0.287 e. The number of aromatic nitrogens is 1. The predicted octanol–water partition coefficient (Wildman–Crippen LogP) is 9.86. The van der Waals surface area contributed by atoms with Crippen molar-refractivity contribution >= 4 is 39.9 Å². The number of halogens is 20. The Morgan fingerprint density at radius 1 is 0.391 bits per heavy atom. The van der Waals surface area contributed by atoms with Crippen LogP contribution in [0.15, 0.2) is 85.2 Å². The fourth-order valence-electron chi connectivity index (χ4n) is 8.08. The fourth-order valence-corrected chi connectivity index (χ4v) is 8.08. The van der Waals surface area contributed by atoms with Crippen molar-refractivity contribution in [3.05, 3.63) is 224 Å². The van der Waals surface area contributed by atoms with E-state index in [1.54, 1.807) is 0 Å². The van der Waals surface area contributed by atoms with Crippen LogP contribution in [-0.2, 0) is 6.54 Å². The van der Waals surface area contributed by atoms with Gasteiger partial charge in [-0.2, -0.15) is 4.57 Å². The van der Waals surface area contributed by atoms with E-state index >= 15 is 35.1 Å². The number of hydrogen-bond donors (Lipinski definition) is 0. The molecule has 1 heterocycles. The molecule has 356 valence electrons. The Hall–Kier alpha value is -7.46. The summed E-state index contributed by atoms with van der Waals surface area (Å²) in [6, 6.07) is 22.1. The van der Waals surface area contributed by atoms with Gasteiger partial charge in [0.25, 0.3) is 0 Å². The summed E-state index contributed by atoms with van der Waals surface area (Å²) in [6.45, 7) is 0.362. The summed E-state index contributed by atoms with van der Waals surface area (Å²) >= 11 is 0. The van der Waals surface area contributed by atoms with Crippen LogP contribution in [0.3, 0.4) is 0 Å². The highest BCUT2D eigenvalue weighted by atomic mass is 19.2. The monoisotopic (exact) mass is 991 g/mol. The average molecular weight is 991 g/mol. The summed E-state index contributed by atoms with van der Waals surface area (Å²) in [7, 11) is 0. The third kappa shape index (κ3) is 7.85. The number of hydrogen-bond acceptors (Lipinski definition) is 1. The van der Waals surface area contributed by atoms with Crippen LogP contribution in [0.2, 0.25) is 0 Å². The van der Waals surface area contributed by atoms with Gasteiger partial charge < -0.3 is 0 Å². The first-order chi connectivity index (χ1) is 32.5. The van der Waals surface area contributed by atoms with Crippen LogP contribution in [-0.4, -0.2) is 11.9 Å². The maximum atomic E-state index is 15.4. The van der Waals surface area contributed by atoms with Gasteiger partial charge >= 0.3 is 0 Å². The second-order valence-electron chi connectivity index (χ2n) is 14.9. The molecule has 1 aliphatic rings. The summed E-state index contributed by atoms with van der Waals surface area (Å²) < 4.78 is 296. The standard InChI is InChI=1S/C24BF20.C22H18NO/c26-5-1(6(27)14(35)21(42)13(5)34)25(2-7(28)15(36)22(43)16(37)8(2)29,3-9(30)17(38)23(44)18(39)10(3)31)4-11(32)19(40)24(45)20(41)12(4)33;24-22(19-7-2-1-3-8-19)16-23-14-12-18(13-15-23)21-11-10-17-6-4-5-9-20(17)21/h;1-15,21H,16H2/q-1;+1. The number of pyridine rings is 1. The molecule has 23 heteroatoms. The van der Waals surface area contributed by atoms with Crippen LogP contribution in [0.25, 0.3) is 6.08 Å². The van der Waals surface area contributed by atoms with Crippen molar-refractivity contribution < 1.29 is 97.2 Å². The molecule has 2 nitrogen and oxygen atoms in total. The zero-order valence-electron chi connectivity index (χ0n) is 33.4. The number of fused-ring (bicyclic) bond motifs is 1. The molecular weight excluding hydrogens is 973 g/mol. The highest BCUT2D eigenvalue weighted by Crippen LogP contribution is 2.35. The normalized spacial score (nSPS) is 13.1. The minimum absolute atomic E-state index is 0.124. The highest BCUT2D eigenvalue weighted by Gasteiger charge is 2.52. The number of carbonyl (C=O) groups excluding carboxylic acids is 1. The molecule has 0 saturated heterocycles. The van der Waals surface area contributed by atoms with Crippen molar-refractivity contribution in [2.75, 3.05) is 0 Å². The van der Waals surface area contributed by atoms with Gasteiger partial charge in [-0.25, -0.2) is 87.8 Å². The van der Waals surface area contributed by atoms with E-state index in [4.69, 9.17) is 0 Å². The van der Waals surface area contributed by atoms with Crippen molar-refractivity contribution in [3.63, 3.8) is 0 Å². The third-order valence-electron chi connectivity index (χ3n) is 11.2. The van der Waals surface area contributed by atoms with Gasteiger partial charge in [0.1, 0.15) is 52.7 Å². The molecule has 1 aliphatic carbocycles. The van der Waals surface area contributed by atoms with Crippen molar-refractivity contribution in [1.82, 2.24) is 0 Å². The third-order valence-corrected chi connectivity index (χ3v) is 11.2. The maximum absolute atomic E-state index is 15.4. The molecule has 6 aromatic carbocycles. The van der Waals surface area contributed by atoms with E-state index in [2.05, 4.69) is 48.6 Å². The fraction of sp³-hybridized carbons (Fsp3) is 0.0435. The number of rotatable bonds is 8. The molecule has 8 rings (SSSR count). The minimum Gasteiger partial charge on any atom is -0.287 e. The van der Waals surface area contributed by atoms with E-state index in [0.717, 1.165) is 5.56 Å². The second kappa shape index (κ2) is 18.6. The SMILES string of the molecule is Fc1c(F)c(F)c([B-](c2c(F)c(F)c(F)c(F)c2F)(c2c(F)c(F)c(F)c(F)c2F)c2c(F)c(F)c(F)c(F)c2F)c(F)c1F.O=C(C[n+]1ccc(C2C=Cc3ccccc32)cc1)c1ccccc1. The van der Waals surface area contributed by atoms with E-state index in [9.17, 15) is 57.5 Å². The Labute approximate surface area is 372 Å². The Balaban J connectivity index is 0.000000244. The number of benzene rings is 6. The van der Waals surface area contributed by atoms with Crippen LogP contribution < -0.4 is 26.4 Å². The Morgan fingerprint density at radius 3 is 1.04 bits per heavy atom. The van der Waals surface area contributed by atoms with Crippen LogP contribution in [0, 0.1) is 116 Å². The first kappa shape index (κ1) is 49.4. The van der Waals surface area contributed by atoms with Crippen LogP contribution >= 0.6 is 0 Å². The van der Waals surface area contributed by atoms with Crippen molar-refractivity contribution in [2.45, 2.75) is 12.5 Å². The molecule has 69 heavy (non-hydrogen) atoms. The van der Waals surface area contributed by atoms with E-state index in [-0.39, 0.29) is 5.78 Å². The molecule has 0 amide bonds. The molecule has 0 spiro atoms. The van der Waals surface area contributed by atoms with Gasteiger partial charge in [-0.1, -0.05) is 66.7 Å². The first-order valence-corrected chi connectivity index (χ1v) is 19.1. The Bertz CT molecular complexity index is 2890. The van der Waals surface area contributed by atoms with E-state index < -0.39 is 144 Å². The van der Waals surface area contributed by atoms with E-state index in [1.807, 2.05) is 47.3 Å². The summed E-state index contributed by atoms with van der Waals surface area (Å²) in [5.41, 5.74) is -9.69. The number of ketones is 1. The van der Waals surface area contributed by atoms with Crippen molar-refractivity contribution in [3.8, 4) is 0 Å². The lowest BCUT2D eigenvalue weighted by Gasteiger charge is -2.44. The van der Waals surface area contributed by atoms with Gasteiger partial charge in [-0.3, -0.25) is 4.79 Å². The summed E-state index contributed by atoms with van der Waals surface area (Å²) in [6.07, 6.45) is 1.18. The van der Waals surface area contributed by atoms with Gasteiger partial charge in [-0.05, 0) is 16.7 Å². The highest BCUT2D eigenvalue weighted by molar-refractivity contribution is 7.20. The van der Waals surface area contributed by atoms with Crippen LogP contribution in [0.5, 0.6) is 0 Å². The smallest absolute Gasteiger partial charge is 0.227 e. The molecule has 1 aromatic heterocycles. The molecular formula is C46H18BF20NO. The average Bonchev–Trinajstić information content (AvgIpc) is 3.79. The summed E-state index contributed by atoms with van der Waals surface area (Å²) in [5, 5.41) is 0. The Morgan fingerprint density at radius 2 is 0.696 bits per heavy atom. The number of allylic oxidation sites excluding steroid dienone is 1. The van der Waals surface area contributed by atoms with E-state index in [1.165, 1.54) is 16.7 Å². The van der Waals surface area contributed by atoms with Crippen LogP contribution in [0.1, 0.15) is 33.0 Å². The van der Waals surface area contributed by atoms with Crippen LogP contribution in [0.4, 0.5) is 87.8 Å². The summed E-state index contributed by atoms with van der Waals surface area (Å²) in [5.74, 6) is -71.0.